The number of fused-ring (bicyclic) bond motifs is 1. The van der Waals surface area contributed by atoms with Crippen LogP contribution in [0.15, 0.2) is 11.3 Å². The molecule has 13 heavy (non-hydrogen) atoms. The normalized spacial score (nSPS) is 43.0. The molecule has 1 nitrogen and oxygen atoms in total. The molecule has 2 saturated carbocycles. The Bertz CT molecular complexity index is 266. The molecule has 1 heteroatoms. The number of rotatable bonds is 1. The Hall–Kier alpha value is -0.460. The lowest BCUT2D eigenvalue weighted by Crippen LogP contribution is -2.13. The molecule has 72 valence electrons. The van der Waals surface area contributed by atoms with Crippen LogP contribution in [0.2, 0.25) is 0 Å². The molecule has 2 fully saturated rings. The second-order valence-electron chi connectivity index (χ2n) is 4.94. The van der Waals surface area contributed by atoms with Crippen LogP contribution in [0.25, 0.3) is 0 Å². The van der Waals surface area contributed by atoms with Crippen molar-refractivity contribution in [3.8, 4) is 0 Å². The highest BCUT2D eigenvalue weighted by atomic mass is 16.5. The van der Waals surface area contributed by atoms with Gasteiger partial charge in [-0.3, -0.25) is 0 Å². The third-order valence-corrected chi connectivity index (χ3v) is 4.32. The lowest BCUT2D eigenvalue weighted by Gasteiger charge is -2.25. The van der Waals surface area contributed by atoms with E-state index in [1.54, 1.807) is 5.57 Å². The van der Waals surface area contributed by atoms with E-state index < -0.39 is 0 Å². The van der Waals surface area contributed by atoms with Crippen molar-refractivity contribution in [2.45, 2.75) is 45.4 Å². The molecule has 0 amide bonds. The van der Waals surface area contributed by atoms with Crippen molar-refractivity contribution >= 4 is 0 Å². The Kier molecular flexibility index (Phi) is 1.53. The van der Waals surface area contributed by atoms with Crippen molar-refractivity contribution < 1.29 is 4.74 Å². The molecular formula is C12H18O. The summed E-state index contributed by atoms with van der Waals surface area (Å²) in [5.41, 5.74) is 2.35. The standard InChI is InChI=1S/C12H18O/c1-9-11(5-3-7-13-9)12-6-2-4-10(12)8-12/h10H,2-8H2,1H3/t10-,12-/m1/s1. The number of ether oxygens (including phenoxy) is 1. The van der Waals surface area contributed by atoms with Gasteiger partial charge < -0.3 is 4.74 Å². The smallest absolute Gasteiger partial charge is 0.0926 e. The minimum atomic E-state index is 0.657. The molecular weight excluding hydrogens is 160 g/mol. The summed E-state index contributed by atoms with van der Waals surface area (Å²) >= 11 is 0. The Balaban J connectivity index is 1.91. The van der Waals surface area contributed by atoms with Gasteiger partial charge in [0.15, 0.2) is 0 Å². The molecule has 0 radical (unpaired) electrons. The summed E-state index contributed by atoms with van der Waals surface area (Å²) in [5.74, 6) is 2.31. The molecule has 0 aromatic heterocycles. The van der Waals surface area contributed by atoms with Gasteiger partial charge in [0.25, 0.3) is 0 Å². The van der Waals surface area contributed by atoms with Crippen molar-refractivity contribution in [3.05, 3.63) is 11.3 Å². The molecule has 3 rings (SSSR count). The monoisotopic (exact) mass is 178 g/mol. The minimum absolute atomic E-state index is 0.657. The van der Waals surface area contributed by atoms with Crippen molar-refractivity contribution in [1.82, 2.24) is 0 Å². The van der Waals surface area contributed by atoms with Crippen LogP contribution in [0.1, 0.15) is 45.4 Å². The fourth-order valence-corrected chi connectivity index (χ4v) is 3.59. The maximum atomic E-state index is 5.67. The summed E-state index contributed by atoms with van der Waals surface area (Å²) in [6.45, 7) is 3.13. The van der Waals surface area contributed by atoms with E-state index in [0.717, 1.165) is 12.5 Å². The lowest BCUT2D eigenvalue weighted by atomic mass is 9.88. The van der Waals surface area contributed by atoms with Crippen LogP contribution in [0.4, 0.5) is 0 Å². The molecule has 0 aromatic rings. The van der Waals surface area contributed by atoms with Crippen LogP contribution in [0.3, 0.4) is 0 Å². The molecule has 3 aliphatic rings. The van der Waals surface area contributed by atoms with Crippen LogP contribution in [0.5, 0.6) is 0 Å². The van der Waals surface area contributed by atoms with Crippen LogP contribution >= 0.6 is 0 Å². The second kappa shape index (κ2) is 2.52. The topological polar surface area (TPSA) is 9.23 Å². The van der Waals surface area contributed by atoms with E-state index in [1.165, 1.54) is 44.3 Å². The zero-order valence-electron chi connectivity index (χ0n) is 8.44. The Morgan fingerprint density at radius 3 is 2.92 bits per heavy atom. The summed E-state index contributed by atoms with van der Waals surface area (Å²) in [6.07, 6.45) is 8.44. The van der Waals surface area contributed by atoms with Gasteiger partial charge in [0, 0.05) is 0 Å². The zero-order chi connectivity index (χ0) is 8.89. The fourth-order valence-electron chi connectivity index (χ4n) is 3.59. The quantitative estimate of drug-likeness (QED) is 0.599. The van der Waals surface area contributed by atoms with E-state index in [2.05, 4.69) is 6.92 Å². The SMILES string of the molecule is CC1=C([C@@]23CCC[C@@H]2C3)CCCO1. The highest BCUT2D eigenvalue weighted by molar-refractivity contribution is 5.30. The van der Waals surface area contributed by atoms with Crippen molar-refractivity contribution in [1.29, 1.82) is 0 Å². The Morgan fingerprint density at radius 1 is 1.38 bits per heavy atom. The summed E-state index contributed by atoms with van der Waals surface area (Å²) in [4.78, 5) is 0. The van der Waals surface area contributed by atoms with Gasteiger partial charge in [-0.05, 0) is 55.9 Å². The van der Waals surface area contributed by atoms with E-state index >= 15 is 0 Å². The van der Waals surface area contributed by atoms with E-state index in [1.807, 2.05) is 0 Å². The summed E-state index contributed by atoms with van der Waals surface area (Å²) < 4.78 is 5.67. The molecule has 1 aliphatic heterocycles. The van der Waals surface area contributed by atoms with E-state index in [4.69, 9.17) is 4.74 Å². The third kappa shape index (κ3) is 0.992. The Labute approximate surface area is 80.2 Å². The maximum absolute atomic E-state index is 5.67. The van der Waals surface area contributed by atoms with Crippen LogP contribution < -0.4 is 0 Å². The largest absolute Gasteiger partial charge is 0.498 e. The molecule has 1 heterocycles. The molecule has 0 N–H and O–H groups in total. The van der Waals surface area contributed by atoms with E-state index in [9.17, 15) is 0 Å². The van der Waals surface area contributed by atoms with Gasteiger partial charge in [-0.15, -0.1) is 0 Å². The van der Waals surface area contributed by atoms with Gasteiger partial charge in [0.05, 0.1) is 12.4 Å². The maximum Gasteiger partial charge on any atom is 0.0926 e. The molecule has 0 saturated heterocycles. The van der Waals surface area contributed by atoms with Crippen molar-refractivity contribution in [2.24, 2.45) is 11.3 Å². The molecule has 0 aromatic carbocycles. The first-order valence-electron chi connectivity index (χ1n) is 5.66. The summed E-state index contributed by atoms with van der Waals surface area (Å²) in [6, 6.07) is 0. The highest BCUT2D eigenvalue weighted by Crippen LogP contribution is 2.69. The zero-order valence-corrected chi connectivity index (χ0v) is 8.44. The van der Waals surface area contributed by atoms with Crippen molar-refractivity contribution in [3.63, 3.8) is 0 Å². The fraction of sp³-hybridized carbons (Fsp3) is 0.833. The molecule has 0 spiro atoms. The molecule has 0 bridgehead atoms. The second-order valence-corrected chi connectivity index (χ2v) is 4.94. The molecule has 0 unspecified atom stereocenters. The van der Waals surface area contributed by atoms with Crippen LogP contribution in [-0.2, 0) is 4.74 Å². The summed E-state index contributed by atoms with van der Waals surface area (Å²) in [5, 5.41) is 0. The number of hydrogen-bond acceptors (Lipinski definition) is 1. The number of allylic oxidation sites excluding steroid dienone is 2. The van der Waals surface area contributed by atoms with Gasteiger partial charge in [0.1, 0.15) is 0 Å². The minimum Gasteiger partial charge on any atom is -0.498 e. The first kappa shape index (κ1) is 7.90. The van der Waals surface area contributed by atoms with Gasteiger partial charge in [-0.2, -0.15) is 0 Å². The average Bonchev–Trinajstić information content (AvgIpc) is 2.70. The van der Waals surface area contributed by atoms with Crippen molar-refractivity contribution in [2.75, 3.05) is 6.61 Å². The van der Waals surface area contributed by atoms with E-state index in [0.29, 0.717) is 5.41 Å². The molecule has 2 atom stereocenters. The Morgan fingerprint density at radius 2 is 2.31 bits per heavy atom. The third-order valence-electron chi connectivity index (χ3n) is 4.32. The van der Waals surface area contributed by atoms with Gasteiger partial charge in [0.2, 0.25) is 0 Å². The van der Waals surface area contributed by atoms with E-state index in [-0.39, 0.29) is 0 Å². The van der Waals surface area contributed by atoms with Gasteiger partial charge in [-0.1, -0.05) is 6.42 Å². The predicted molar refractivity (Wildman–Crippen MR) is 52.3 cm³/mol. The van der Waals surface area contributed by atoms with Gasteiger partial charge >= 0.3 is 0 Å². The van der Waals surface area contributed by atoms with Gasteiger partial charge in [-0.25, -0.2) is 0 Å². The highest BCUT2D eigenvalue weighted by Gasteiger charge is 2.59. The number of hydrogen-bond donors (Lipinski definition) is 0. The van der Waals surface area contributed by atoms with Crippen LogP contribution in [-0.4, -0.2) is 6.61 Å². The first-order valence-corrected chi connectivity index (χ1v) is 5.66. The lowest BCUT2D eigenvalue weighted by molar-refractivity contribution is 0.179. The predicted octanol–water partition coefficient (Wildman–Crippen LogP) is 3.26. The first-order chi connectivity index (χ1) is 6.33. The summed E-state index contributed by atoms with van der Waals surface area (Å²) in [7, 11) is 0. The van der Waals surface area contributed by atoms with Crippen LogP contribution in [0, 0.1) is 11.3 Å². The molecule has 2 aliphatic carbocycles. The average molecular weight is 178 g/mol.